The molecule has 0 saturated heterocycles. The Kier molecular flexibility index (Phi) is 4.33. The van der Waals surface area contributed by atoms with Gasteiger partial charge in [0.2, 0.25) is 0 Å². The molecule has 0 radical (unpaired) electrons. The SMILES string of the molecule is COC(=O)c1cnn(-c2ccc(OCc3ccccc3)cc2)n1. The zero-order chi connectivity index (χ0) is 16.1. The van der Waals surface area contributed by atoms with Crippen LogP contribution >= 0.6 is 0 Å². The molecule has 6 nitrogen and oxygen atoms in total. The summed E-state index contributed by atoms with van der Waals surface area (Å²) >= 11 is 0. The molecular weight excluding hydrogens is 294 g/mol. The predicted molar refractivity (Wildman–Crippen MR) is 83.5 cm³/mol. The molecular formula is C17H15N3O3. The minimum atomic E-state index is -0.515. The van der Waals surface area contributed by atoms with Crippen molar-refractivity contribution in [3.05, 3.63) is 72.1 Å². The van der Waals surface area contributed by atoms with Gasteiger partial charge in [-0.2, -0.15) is 9.90 Å². The monoisotopic (exact) mass is 309 g/mol. The van der Waals surface area contributed by atoms with E-state index in [2.05, 4.69) is 14.9 Å². The van der Waals surface area contributed by atoms with E-state index in [9.17, 15) is 4.79 Å². The topological polar surface area (TPSA) is 66.2 Å². The Morgan fingerprint density at radius 3 is 2.52 bits per heavy atom. The Bertz CT molecular complexity index is 782. The molecule has 1 aromatic heterocycles. The summed E-state index contributed by atoms with van der Waals surface area (Å²) in [5, 5.41) is 8.11. The third kappa shape index (κ3) is 3.55. The summed E-state index contributed by atoms with van der Waals surface area (Å²) in [6.45, 7) is 0.507. The summed E-state index contributed by atoms with van der Waals surface area (Å²) in [4.78, 5) is 12.7. The fourth-order valence-corrected chi connectivity index (χ4v) is 2.00. The molecule has 0 unspecified atom stereocenters. The number of aromatic nitrogens is 3. The maximum atomic E-state index is 11.4. The zero-order valence-electron chi connectivity index (χ0n) is 12.5. The lowest BCUT2D eigenvalue weighted by molar-refractivity contribution is 0.0593. The smallest absolute Gasteiger partial charge is 0.360 e. The number of carbonyl (C=O) groups is 1. The predicted octanol–water partition coefficient (Wildman–Crippen LogP) is 2.63. The van der Waals surface area contributed by atoms with Crippen molar-refractivity contribution < 1.29 is 14.3 Å². The van der Waals surface area contributed by atoms with Crippen LogP contribution in [0.5, 0.6) is 5.75 Å². The van der Waals surface area contributed by atoms with Gasteiger partial charge < -0.3 is 9.47 Å². The second-order valence-electron chi connectivity index (χ2n) is 4.78. The zero-order valence-corrected chi connectivity index (χ0v) is 12.5. The summed E-state index contributed by atoms with van der Waals surface area (Å²) in [6, 6.07) is 17.3. The molecule has 0 bridgehead atoms. The Morgan fingerprint density at radius 2 is 1.83 bits per heavy atom. The maximum Gasteiger partial charge on any atom is 0.360 e. The molecule has 6 heteroatoms. The molecule has 116 valence electrons. The Balaban J connectivity index is 1.67. The van der Waals surface area contributed by atoms with Gasteiger partial charge in [-0.15, -0.1) is 5.10 Å². The molecule has 3 aromatic rings. The van der Waals surface area contributed by atoms with Crippen LogP contribution in [0.3, 0.4) is 0 Å². The summed E-state index contributed by atoms with van der Waals surface area (Å²) in [5.41, 5.74) is 2.00. The Morgan fingerprint density at radius 1 is 1.09 bits per heavy atom. The van der Waals surface area contributed by atoms with E-state index in [-0.39, 0.29) is 5.69 Å². The summed E-state index contributed by atoms with van der Waals surface area (Å²) in [6.07, 6.45) is 1.37. The molecule has 0 aliphatic carbocycles. The van der Waals surface area contributed by atoms with Crippen molar-refractivity contribution in [2.75, 3.05) is 7.11 Å². The van der Waals surface area contributed by atoms with Gasteiger partial charge in [0.05, 0.1) is 19.0 Å². The molecule has 0 amide bonds. The fourth-order valence-electron chi connectivity index (χ4n) is 2.00. The van der Waals surface area contributed by atoms with Gasteiger partial charge in [0, 0.05) is 0 Å². The number of ether oxygens (including phenoxy) is 2. The molecule has 0 atom stereocenters. The Hall–Kier alpha value is -3.15. The highest BCUT2D eigenvalue weighted by Gasteiger charge is 2.11. The van der Waals surface area contributed by atoms with Gasteiger partial charge in [-0.25, -0.2) is 4.79 Å². The van der Waals surface area contributed by atoms with E-state index < -0.39 is 5.97 Å². The van der Waals surface area contributed by atoms with Crippen molar-refractivity contribution in [1.29, 1.82) is 0 Å². The first-order chi connectivity index (χ1) is 11.3. The number of hydrogen-bond donors (Lipinski definition) is 0. The number of carbonyl (C=O) groups excluding carboxylic acids is 1. The van der Waals surface area contributed by atoms with Crippen LogP contribution < -0.4 is 4.74 Å². The van der Waals surface area contributed by atoms with Crippen molar-refractivity contribution in [1.82, 2.24) is 15.0 Å². The highest BCUT2D eigenvalue weighted by molar-refractivity contribution is 5.86. The van der Waals surface area contributed by atoms with E-state index in [0.717, 1.165) is 17.0 Å². The molecule has 0 N–H and O–H groups in total. The first-order valence-corrected chi connectivity index (χ1v) is 7.04. The van der Waals surface area contributed by atoms with Crippen LogP contribution in [0.15, 0.2) is 60.8 Å². The van der Waals surface area contributed by atoms with Crippen LogP contribution in [0.25, 0.3) is 5.69 Å². The van der Waals surface area contributed by atoms with Gasteiger partial charge in [-0.1, -0.05) is 30.3 Å². The van der Waals surface area contributed by atoms with Gasteiger partial charge in [0.1, 0.15) is 12.4 Å². The average molecular weight is 309 g/mol. The second-order valence-corrected chi connectivity index (χ2v) is 4.78. The van der Waals surface area contributed by atoms with E-state index in [1.165, 1.54) is 18.1 Å². The van der Waals surface area contributed by atoms with Crippen LogP contribution in [-0.2, 0) is 11.3 Å². The van der Waals surface area contributed by atoms with Crippen molar-refractivity contribution in [3.8, 4) is 11.4 Å². The number of methoxy groups -OCH3 is 1. The third-order valence-electron chi connectivity index (χ3n) is 3.20. The van der Waals surface area contributed by atoms with Crippen LogP contribution in [-0.4, -0.2) is 28.1 Å². The standard InChI is InChI=1S/C17H15N3O3/c1-22-17(21)16-11-18-20(19-16)14-7-9-15(10-8-14)23-12-13-5-3-2-4-6-13/h2-11H,12H2,1H3. The fraction of sp³-hybridized carbons (Fsp3) is 0.118. The van der Waals surface area contributed by atoms with Crippen LogP contribution in [0, 0.1) is 0 Å². The number of benzene rings is 2. The number of esters is 1. The minimum Gasteiger partial charge on any atom is -0.489 e. The van der Waals surface area contributed by atoms with Crippen molar-refractivity contribution in [2.45, 2.75) is 6.61 Å². The quantitative estimate of drug-likeness (QED) is 0.678. The molecule has 2 aromatic carbocycles. The first-order valence-electron chi connectivity index (χ1n) is 7.04. The summed E-state index contributed by atoms with van der Waals surface area (Å²) < 4.78 is 10.3. The lowest BCUT2D eigenvalue weighted by Crippen LogP contribution is -2.04. The van der Waals surface area contributed by atoms with E-state index >= 15 is 0 Å². The molecule has 0 aliphatic heterocycles. The molecule has 0 spiro atoms. The van der Waals surface area contributed by atoms with Crippen LogP contribution in [0.1, 0.15) is 16.1 Å². The third-order valence-corrected chi connectivity index (χ3v) is 3.20. The highest BCUT2D eigenvalue weighted by atomic mass is 16.5. The van der Waals surface area contributed by atoms with Gasteiger partial charge in [0.15, 0.2) is 5.69 Å². The van der Waals surface area contributed by atoms with Crippen LogP contribution in [0.4, 0.5) is 0 Å². The number of rotatable bonds is 5. The maximum absolute atomic E-state index is 11.4. The highest BCUT2D eigenvalue weighted by Crippen LogP contribution is 2.16. The lowest BCUT2D eigenvalue weighted by Gasteiger charge is -2.07. The number of hydrogen-bond acceptors (Lipinski definition) is 5. The van der Waals surface area contributed by atoms with E-state index in [1.54, 1.807) is 0 Å². The first kappa shape index (κ1) is 14.8. The molecule has 0 fully saturated rings. The Labute approximate surface area is 133 Å². The van der Waals surface area contributed by atoms with Crippen LogP contribution in [0.2, 0.25) is 0 Å². The number of nitrogens with zero attached hydrogens (tertiary/aromatic N) is 3. The summed E-state index contributed by atoms with van der Waals surface area (Å²) in [5.74, 6) is 0.233. The van der Waals surface area contributed by atoms with Crippen molar-refractivity contribution in [2.24, 2.45) is 0 Å². The van der Waals surface area contributed by atoms with Gasteiger partial charge in [-0.3, -0.25) is 0 Å². The van der Waals surface area contributed by atoms with E-state index in [0.29, 0.717) is 6.61 Å². The molecule has 0 aliphatic rings. The van der Waals surface area contributed by atoms with Gasteiger partial charge in [0.25, 0.3) is 0 Å². The van der Waals surface area contributed by atoms with Crippen molar-refractivity contribution in [3.63, 3.8) is 0 Å². The minimum absolute atomic E-state index is 0.164. The van der Waals surface area contributed by atoms with E-state index in [1.807, 2.05) is 54.6 Å². The van der Waals surface area contributed by atoms with Crippen molar-refractivity contribution >= 4 is 5.97 Å². The average Bonchev–Trinajstić information content (AvgIpc) is 3.11. The van der Waals surface area contributed by atoms with Gasteiger partial charge >= 0.3 is 5.97 Å². The molecule has 3 rings (SSSR count). The molecule has 23 heavy (non-hydrogen) atoms. The molecule has 0 saturated carbocycles. The molecule has 1 heterocycles. The normalized spacial score (nSPS) is 10.3. The summed E-state index contributed by atoms with van der Waals surface area (Å²) in [7, 11) is 1.31. The van der Waals surface area contributed by atoms with Gasteiger partial charge in [-0.05, 0) is 29.8 Å². The largest absolute Gasteiger partial charge is 0.489 e. The second kappa shape index (κ2) is 6.74. The van der Waals surface area contributed by atoms with E-state index in [4.69, 9.17) is 4.74 Å². The lowest BCUT2D eigenvalue weighted by atomic mass is 10.2.